The summed E-state index contributed by atoms with van der Waals surface area (Å²) in [6.07, 6.45) is 5.71. The zero-order valence-corrected chi connectivity index (χ0v) is 19.4. The molecule has 0 spiro atoms. The van der Waals surface area contributed by atoms with Crippen molar-refractivity contribution in [3.63, 3.8) is 0 Å². The van der Waals surface area contributed by atoms with Gasteiger partial charge < -0.3 is 0 Å². The largest absolute Gasteiger partial charge is 0.277 e. The van der Waals surface area contributed by atoms with Crippen molar-refractivity contribution in [1.82, 2.24) is 4.83 Å². The quantitative estimate of drug-likeness (QED) is 0.585. The van der Waals surface area contributed by atoms with Crippen LogP contribution in [0.25, 0.3) is 0 Å². The number of nitrogens with one attached hydrogen (secondary N) is 1. The molecule has 0 fully saturated rings. The summed E-state index contributed by atoms with van der Waals surface area (Å²) >= 11 is 0. The van der Waals surface area contributed by atoms with E-state index in [1.165, 1.54) is 5.56 Å². The topological polar surface area (TPSA) is 58.5 Å². The molecule has 0 aliphatic heterocycles. The Labute approximate surface area is 171 Å². The first kappa shape index (κ1) is 22.7. The molecule has 0 bridgehead atoms. The zero-order valence-electron chi connectivity index (χ0n) is 18.6. The van der Waals surface area contributed by atoms with Crippen LogP contribution in [0.15, 0.2) is 34.3 Å². The lowest BCUT2D eigenvalue weighted by molar-refractivity contribution is 0.383. The van der Waals surface area contributed by atoms with Crippen LogP contribution < -0.4 is 4.83 Å². The predicted octanol–water partition coefficient (Wildman–Crippen LogP) is 6.07. The van der Waals surface area contributed by atoms with Crippen molar-refractivity contribution in [2.45, 2.75) is 90.9 Å². The molecule has 156 valence electrons. The molecule has 0 unspecified atom stereocenters. The maximum Gasteiger partial charge on any atom is 0.277 e. The summed E-state index contributed by atoms with van der Waals surface area (Å²) in [5, 5.41) is 4.28. The van der Waals surface area contributed by atoms with E-state index in [-0.39, 0.29) is 17.3 Å². The first-order valence-electron chi connectivity index (χ1n) is 10.3. The van der Waals surface area contributed by atoms with Gasteiger partial charge in [-0.3, -0.25) is 0 Å². The molecule has 5 heteroatoms. The van der Waals surface area contributed by atoms with Gasteiger partial charge in [0, 0.05) is 0 Å². The van der Waals surface area contributed by atoms with Crippen LogP contribution in [-0.2, 0) is 10.0 Å². The Morgan fingerprint density at radius 1 is 0.964 bits per heavy atom. The van der Waals surface area contributed by atoms with Crippen molar-refractivity contribution in [3.8, 4) is 0 Å². The standard InChI is InChI=1S/C23H36N2O2S/c1-15(2)18-12-20(16(3)4)22(21(13-18)17(5)6)28(26,27)25-24-19-10-9-11-23(7,8)14-19/h9-10,12-13,15-17,25H,11,14H2,1-8H3. The number of nitrogens with zero attached hydrogens (tertiary/aromatic N) is 1. The average molecular weight is 405 g/mol. The Morgan fingerprint density at radius 2 is 1.50 bits per heavy atom. The maximum atomic E-state index is 13.3. The van der Waals surface area contributed by atoms with Crippen molar-refractivity contribution in [1.29, 1.82) is 0 Å². The van der Waals surface area contributed by atoms with Gasteiger partial charge in [-0.05, 0) is 58.8 Å². The highest BCUT2D eigenvalue weighted by Gasteiger charge is 2.27. The van der Waals surface area contributed by atoms with E-state index in [0.29, 0.717) is 10.8 Å². The second-order valence-electron chi connectivity index (χ2n) is 9.64. The van der Waals surface area contributed by atoms with Gasteiger partial charge in [-0.15, -0.1) is 0 Å². The van der Waals surface area contributed by atoms with E-state index in [0.717, 1.165) is 29.7 Å². The summed E-state index contributed by atoms with van der Waals surface area (Å²) in [7, 11) is -3.76. The Balaban J connectivity index is 2.55. The second kappa shape index (κ2) is 8.40. The molecule has 4 nitrogen and oxygen atoms in total. The number of hydrogen-bond donors (Lipinski definition) is 1. The van der Waals surface area contributed by atoms with Crippen molar-refractivity contribution in [3.05, 3.63) is 41.0 Å². The Bertz CT molecular complexity index is 847. The van der Waals surface area contributed by atoms with Gasteiger partial charge in [-0.25, -0.2) is 0 Å². The first-order chi connectivity index (χ1) is 12.8. The molecule has 28 heavy (non-hydrogen) atoms. The van der Waals surface area contributed by atoms with Crippen molar-refractivity contribution in [2.24, 2.45) is 10.5 Å². The van der Waals surface area contributed by atoms with Crippen LogP contribution in [0.5, 0.6) is 0 Å². The summed E-state index contributed by atoms with van der Waals surface area (Å²) in [4.78, 5) is 2.92. The van der Waals surface area contributed by atoms with E-state index < -0.39 is 10.0 Å². The summed E-state index contributed by atoms with van der Waals surface area (Å²) < 4.78 is 26.7. The minimum atomic E-state index is -3.76. The predicted molar refractivity (Wildman–Crippen MR) is 119 cm³/mol. The normalized spacial score (nSPS) is 18.5. The smallest absolute Gasteiger partial charge is 0.200 e. The Hall–Kier alpha value is -1.62. The van der Waals surface area contributed by atoms with Crippen LogP contribution in [0.3, 0.4) is 0 Å². The van der Waals surface area contributed by atoms with E-state index in [1.807, 2.05) is 45.9 Å². The third-order valence-electron chi connectivity index (χ3n) is 5.30. The fourth-order valence-corrected chi connectivity index (χ4v) is 5.12. The molecule has 0 saturated carbocycles. The molecular weight excluding hydrogens is 368 g/mol. The molecule has 1 N–H and O–H groups in total. The van der Waals surface area contributed by atoms with Gasteiger partial charge in [0.1, 0.15) is 0 Å². The number of allylic oxidation sites excluding steroid dienone is 2. The fraction of sp³-hybridized carbons (Fsp3) is 0.609. The van der Waals surface area contributed by atoms with E-state index in [9.17, 15) is 8.42 Å². The van der Waals surface area contributed by atoms with Crippen LogP contribution in [-0.4, -0.2) is 14.1 Å². The van der Waals surface area contributed by atoms with Crippen LogP contribution in [0.2, 0.25) is 0 Å². The zero-order chi connectivity index (χ0) is 21.3. The van der Waals surface area contributed by atoms with E-state index in [1.54, 1.807) is 0 Å². The molecule has 0 amide bonds. The number of hydrazone groups is 1. The number of rotatable bonds is 6. The molecule has 0 radical (unpaired) electrons. The third kappa shape index (κ3) is 5.25. The van der Waals surface area contributed by atoms with E-state index in [4.69, 9.17) is 0 Å². The fourth-order valence-electron chi connectivity index (χ4n) is 3.58. The molecule has 1 aromatic carbocycles. The lowest BCUT2D eigenvalue weighted by Gasteiger charge is -2.26. The molecule has 0 aromatic heterocycles. The van der Waals surface area contributed by atoms with Crippen LogP contribution >= 0.6 is 0 Å². The van der Waals surface area contributed by atoms with E-state index >= 15 is 0 Å². The van der Waals surface area contributed by atoms with Crippen LogP contribution in [0.1, 0.15) is 103 Å². The molecular formula is C23H36N2O2S. The van der Waals surface area contributed by atoms with Crippen LogP contribution in [0.4, 0.5) is 0 Å². The maximum absolute atomic E-state index is 13.3. The van der Waals surface area contributed by atoms with Gasteiger partial charge in [0.2, 0.25) is 0 Å². The first-order valence-corrected chi connectivity index (χ1v) is 11.7. The molecule has 1 aromatic rings. The van der Waals surface area contributed by atoms with Gasteiger partial charge in [0.25, 0.3) is 10.0 Å². The summed E-state index contributed by atoms with van der Waals surface area (Å²) in [6, 6.07) is 4.10. The Morgan fingerprint density at radius 3 is 1.93 bits per heavy atom. The monoisotopic (exact) mass is 404 g/mol. The van der Waals surface area contributed by atoms with Crippen molar-refractivity contribution >= 4 is 15.7 Å². The van der Waals surface area contributed by atoms with Crippen molar-refractivity contribution in [2.75, 3.05) is 0 Å². The summed E-state index contributed by atoms with van der Waals surface area (Å²) in [5.74, 6) is 0.544. The number of sulfonamides is 1. The number of hydrogen-bond acceptors (Lipinski definition) is 3. The molecule has 2 rings (SSSR count). The van der Waals surface area contributed by atoms with Gasteiger partial charge in [-0.2, -0.15) is 18.4 Å². The minimum Gasteiger partial charge on any atom is -0.200 e. The minimum absolute atomic E-state index is 0.101. The highest BCUT2D eigenvalue weighted by molar-refractivity contribution is 7.89. The van der Waals surface area contributed by atoms with Gasteiger partial charge in [0.15, 0.2) is 0 Å². The molecule has 0 saturated heterocycles. The molecule has 0 heterocycles. The number of benzene rings is 1. The second-order valence-corrected chi connectivity index (χ2v) is 11.2. The molecule has 0 atom stereocenters. The van der Waals surface area contributed by atoms with Crippen molar-refractivity contribution < 1.29 is 8.42 Å². The lowest BCUT2D eigenvalue weighted by atomic mass is 9.80. The Kier molecular flexibility index (Phi) is 6.80. The SMILES string of the molecule is CC(C)c1cc(C(C)C)c(S(=O)(=O)NN=C2C=CCC(C)(C)C2)c(C(C)C)c1. The van der Waals surface area contributed by atoms with Gasteiger partial charge in [0.05, 0.1) is 10.6 Å². The van der Waals surface area contributed by atoms with Gasteiger partial charge >= 0.3 is 0 Å². The average Bonchev–Trinajstić information content (AvgIpc) is 2.57. The highest BCUT2D eigenvalue weighted by Crippen LogP contribution is 2.35. The molecule has 1 aliphatic rings. The van der Waals surface area contributed by atoms with E-state index in [2.05, 4.69) is 43.7 Å². The third-order valence-corrected chi connectivity index (χ3v) is 6.64. The summed E-state index contributed by atoms with van der Waals surface area (Å²) in [5.41, 5.74) is 3.78. The molecule has 1 aliphatic carbocycles. The van der Waals surface area contributed by atoms with Crippen LogP contribution in [0, 0.1) is 5.41 Å². The summed E-state index contributed by atoms with van der Waals surface area (Å²) in [6.45, 7) is 16.8. The highest BCUT2D eigenvalue weighted by atomic mass is 32.2. The lowest BCUT2D eigenvalue weighted by Crippen LogP contribution is -2.26. The van der Waals surface area contributed by atoms with Gasteiger partial charge in [-0.1, -0.05) is 73.6 Å².